The number of nitrogens with one attached hydrogen (secondary N) is 1. The maximum absolute atomic E-state index is 5.98. The highest BCUT2D eigenvalue weighted by molar-refractivity contribution is 5.21. The molecule has 2 aromatic rings. The second-order valence-electron chi connectivity index (χ2n) is 4.74. The van der Waals surface area contributed by atoms with Gasteiger partial charge in [-0.25, -0.2) is 0 Å². The molecule has 0 aliphatic rings. The van der Waals surface area contributed by atoms with E-state index in [9.17, 15) is 0 Å². The van der Waals surface area contributed by atoms with Crippen LogP contribution in [-0.2, 0) is 11.2 Å². The molecule has 2 unspecified atom stereocenters. The van der Waals surface area contributed by atoms with Gasteiger partial charge in [0, 0.05) is 25.0 Å². The monoisotopic (exact) mass is 270 g/mol. The minimum atomic E-state index is 0.0550. The molecule has 3 heteroatoms. The smallest absolute Gasteiger partial charge is 0.0980 e. The Morgan fingerprint density at radius 3 is 2.40 bits per heavy atom. The van der Waals surface area contributed by atoms with E-state index in [0.717, 1.165) is 6.42 Å². The van der Waals surface area contributed by atoms with Gasteiger partial charge in [-0.2, -0.15) is 0 Å². The fraction of sp³-hybridized carbons (Fsp3) is 0.353. The van der Waals surface area contributed by atoms with Crippen molar-refractivity contribution in [1.82, 2.24) is 10.3 Å². The van der Waals surface area contributed by atoms with E-state index in [1.165, 1.54) is 11.1 Å². The van der Waals surface area contributed by atoms with E-state index >= 15 is 0 Å². The van der Waals surface area contributed by atoms with Gasteiger partial charge in [-0.3, -0.25) is 4.98 Å². The van der Waals surface area contributed by atoms with Crippen LogP contribution in [0.15, 0.2) is 54.9 Å². The van der Waals surface area contributed by atoms with Crippen molar-refractivity contribution >= 4 is 0 Å². The molecule has 1 aromatic carbocycles. The summed E-state index contributed by atoms with van der Waals surface area (Å²) in [5, 5.41) is 3.39. The summed E-state index contributed by atoms with van der Waals surface area (Å²) in [5.41, 5.74) is 2.47. The topological polar surface area (TPSA) is 34.1 Å². The van der Waals surface area contributed by atoms with E-state index in [1.807, 2.05) is 32.4 Å². The Balaban J connectivity index is 2.17. The van der Waals surface area contributed by atoms with Crippen LogP contribution in [-0.4, -0.2) is 24.7 Å². The van der Waals surface area contributed by atoms with Gasteiger partial charge < -0.3 is 10.1 Å². The highest BCUT2D eigenvalue weighted by Crippen LogP contribution is 2.23. The van der Waals surface area contributed by atoms with Crippen molar-refractivity contribution < 1.29 is 4.74 Å². The lowest BCUT2D eigenvalue weighted by atomic mass is 9.96. The first-order valence-electron chi connectivity index (χ1n) is 7.08. The van der Waals surface area contributed by atoms with Crippen molar-refractivity contribution in [3.05, 3.63) is 66.0 Å². The van der Waals surface area contributed by atoms with E-state index < -0.39 is 0 Å². The second-order valence-corrected chi connectivity index (χ2v) is 4.74. The van der Waals surface area contributed by atoms with E-state index in [-0.39, 0.29) is 12.1 Å². The minimum absolute atomic E-state index is 0.0550. The van der Waals surface area contributed by atoms with Crippen molar-refractivity contribution in [3.63, 3.8) is 0 Å². The largest absolute Gasteiger partial charge is 0.372 e. The van der Waals surface area contributed by atoms with Crippen LogP contribution in [0.25, 0.3) is 0 Å². The number of ether oxygens (including phenoxy) is 1. The van der Waals surface area contributed by atoms with E-state index in [1.54, 1.807) is 0 Å². The van der Waals surface area contributed by atoms with Gasteiger partial charge in [0.25, 0.3) is 0 Å². The quantitative estimate of drug-likeness (QED) is 0.840. The zero-order chi connectivity index (χ0) is 14.2. The molecule has 1 N–H and O–H groups in total. The van der Waals surface area contributed by atoms with Crippen LogP contribution >= 0.6 is 0 Å². The third-order valence-corrected chi connectivity index (χ3v) is 3.42. The van der Waals surface area contributed by atoms with Gasteiger partial charge in [-0.15, -0.1) is 0 Å². The Kier molecular flexibility index (Phi) is 5.71. The van der Waals surface area contributed by atoms with Gasteiger partial charge in [0.2, 0.25) is 0 Å². The first-order valence-corrected chi connectivity index (χ1v) is 7.08. The Morgan fingerprint density at radius 1 is 1.10 bits per heavy atom. The standard InChI is InChI=1S/C17H22N2O/c1-3-20-17(15-7-5-4-6-8-15)16(18-2)13-14-9-11-19-12-10-14/h4-12,16-18H,3,13H2,1-2H3. The molecule has 0 saturated carbocycles. The van der Waals surface area contributed by atoms with Crippen LogP contribution in [0.5, 0.6) is 0 Å². The summed E-state index contributed by atoms with van der Waals surface area (Å²) < 4.78 is 5.98. The third-order valence-electron chi connectivity index (χ3n) is 3.42. The third kappa shape index (κ3) is 3.89. The number of likely N-dealkylation sites (N-methyl/N-ethyl adjacent to an activating group) is 1. The second kappa shape index (κ2) is 7.78. The number of hydrogen-bond donors (Lipinski definition) is 1. The summed E-state index contributed by atoms with van der Waals surface area (Å²) in [4.78, 5) is 4.07. The SMILES string of the molecule is CCOC(c1ccccc1)C(Cc1ccncc1)NC. The zero-order valence-corrected chi connectivity index (χ0v) is 12.1. The summed E-state index contributed by atoms with van der Waals surface area (Å²) in [7, 11) is 1.99. The molecule has 2 rings (SSSR count). The highest BCUT2D eigenvalue weighted by atomic mass is 16.5. The van der Waals surface area contributed by atoms with E-state index in [4.69, 9.17) is 4.74 Å². The predicted octanol–water partition coefficient (Wildman–Crippen LogP) is 2.99. The normalized spacial score (nSPS) is 13.9. The fourth-order valence-corrected chi connectivity index (χ4v) is 2.40. The first-order chi connectivity index (χ1) is 9.85. The summed E-state index contributed by atoms with van der Waals surface area (Å²) in [6.07, 6.45) is 4.64. The lowest BCUT2D eigenvalue weighted by molar-refractivity contribution is 0.0352. The Morgan fingerprint density at radius 2 is 1.80 bits per heavy atom. The van der Waals surface area contributed by atoms with Crippen LogP contribution in [0, 0.1) is 0 Å². The Labute approximate surface area is 121 Å². The van der Waals surface area contributed by atoms with Gasteiger partial charge in [0.1, 0.15) is 0 Å². The molecule has 0 fully saturated rings. The average molecular weight is 270 g/mol. The van der Waals surface area contributed by atoms with Crippen LogP contribution in [0.1, 0.15) is 24.2 Å². The molecule has 0 aliphatic carbocycles. The van der Waals surface area contributed by atoms with Crippen LogP contribution < -0.4 is 5.32 Å². The van der Waals surface area contributed by atoms with Crippen molar-refractivity contribution in [3.8, 4) is 0 Å². The van der Waals surface area contributed by atoms with Crippen LogP contribution in [0.2, 0.25) is 0 Å². The summed E-state index contributed by atoms with van der Waals surface area (Å²) in [6.45, 7) is 2.74. The lowest BCUT2D eigenvalue weighted by Crippen LogP contribution is -2.35. The van der Waals surface area contributed by atoms with E-state index in [2.05, 4.69) is 46.7 Å². The number of pyridine rings is 1. The summed E-state index contributed by atoms with van der Waals surface area (Å²) in [6, 6.07) is 14.7. The molecule has 3 nitrogen and oxygen atoms in total. The molecule has 106 valence electrons. The Bertz CT molecular complexity index is 487. The lowest BCUT2D eigenvalue weighted by Gasteiger charge is -2.27. The molecule has 20 heavy (non-hydrogen) atoms. The fourth-order valence-electron chi connectivity index (χ4n) is 2.40. The number of benzene rings is 1. The van der Waals surface area contributed by atoms with Gasteiger partial charge in [-0.05, 0) is 43.7 Å². The number of rotatable bonds is 7. The average Bonchev–Trinajstić information content (AvgIpc) is 2.52. The van der Waals surface area contributed by atoms with Crippen molar-refractivity contribution in [2.45, 2.75) is 25.5 Å². The molecule has 2 atom stereocenters. The van der Waals surface area contributed by atoms with Gasteiger partial charge in [0.05, 0.1) is 6.10 Å². The molecule has 0 radical (unpaired) electrons. The Hall–Kier alpha value is -1.71. The van der Waals surface area contributed by atoms with Crippen LogP contribution in [0.4, 0.5) is 0 Å². The van der Waals surface area contributed by atoms with Gasteiger partial charge >= 0.3 is 0 Å². The first kappa shape index (κ1) is 14.7. The summed E-state index contributed by atoms with van der Waals surface area (Å²) >= 11 is 0. The van der Waals surface area contributed by atoms with Gasteiger partial charge in [0.15, 0.2) is 0 Å². The van der Waals surface area contributed by atoms with Crippen molar-refractivity contribution in [1.29, 1.82) is 0 Å². The van der Waals surface area contributed by atoms with E-state index in [0.29, 0.717) is 6.61 Å². The number of nitrogens with zero attached hydrogens (tertiary/aromatic N) is 1. The van der Waals surface area contributed by atoms with Crippen molar-refractivity contribution in [2.24, 2.45) is 0 Å². The maximum atomic E-state index is 5.98. The molecule has 0 aliphatic heterocycles. The molecular formula is C17H22N2O. The minimum Gasteiger partial charge on any atom is -0.372 e. The number of aromatic nitrogens is 1. The van der Waals surface area contributed by atoms with Crippen molar-refractivity contribution in [2.75, 3.05) is 13.7 Å². The van der Waals surface area contributed by atoms with Crippen LogP contribution in [0.3, 0.4) is 0 Å². The summed E-state index contributed by atoms with van der Waals surface area (Å²) in [5.74, 6) is 0. The molecule has 0 amide bonds. The predicted molar refractivity (Wildman–Crippen MR) is 81.6 cm³/mol. The molecule has 0 spiro atoms. The zero-order valence-electron chi connectivity index (χ0n) is 12.1. The molecule has 0 bridgehead atoms. The maximum Gasteiger partial charge on any atom is 0.0980 e. The number of hydrogen-bond acceptors (Lipinski definition) is 3. The molecule has 1 heterocycles. The highest BCUT2D eigenvalue weighted by Gasteiger charge is 2.22. The molecular weight excluding hydrogens is 248 g/mol. The molecule has 0 saturated heterocycles. The van der Waals surface area contributed by atoms with Gasteiger partial charge in [-0.1, -0.05) is 30.3 Å². The molecule has 1 aromatic heterocycles.